The maximum atomic E-state index is 10.9. The number of aromatic nitrogens is 1. The Hall–Kier alpha value is -2.20. The lowest BCUT2D eigenvalue weighted by molar-refractivity contribution is -0.133. The molecule has 1 heterocycles. The van der Waals surface area contributed by atoms with Crippen LogP contribution in [0.15, 0.2) is 53.4 Å². The van der Waals surface area contributed by atoms with Gasteiger partial charge in [-0.1, -0.05) is 42.0 Å². The quantitative estimate of drug-likeness (QED) is 0.705. The van der Waals surface area contributed by atoms with Crippen LogP contribution in [0.5, 0.6) is 0 Å². The van der Waals surface area contributed by atoms with E-state index in [0.717, 1.165) is 27.1 Å². The van der Waals surface area contributed by atoms with Crippen molar-refractivity contribution < 1.29 is 9.90 Å². The van der Waals surface area contributed by atoms with Gasteiger partial charge in [-0.3, -0.25) is 4.79 Å². The average molecular weight is 297 g/mol. The van der Waals surface area contributed by atoms with Crippen LogP contribution in [0.1, 0.15) is 5.56 Å². The lowest BCUT2D eigenvalue weighted by atomic mass is 10.1. The normalized spacial score (nSPS) is 10.9. The van der Waals surface area contributed by atoms with Crippen LogP contribution >= 0.6 is 11.8 Å². The van der Waals surface area contributed by atoms with Crippen LogP contribution in [-0.4, -0.2) is 21.8 Å². The number of benzene rings is 2. The first-order valence-electron chi connectivity index (χ1n) is 6.67. The predicted molar refractivity (Wildman–Crippen MR) is 86.8 cm³/mol. The van der Waals surface area contributed by atoms with Crippen molar-refractivity contribution in [3.8, 4) is 11.3 Å². The highest BCUT2D eigenvalue weighted by molar-refractivity contribution is 8.00. The molecule has 0 saturated heterocycles. The molecule has 2 aromatic carbocycles. The van der Waals surface area contributed by atoms with E-state index in [4.69, 9.17) is 5.11 Å². The molecule has 21 heavy (non-hydrogen) atoms. The predicted octanol–water partition coefficient (Wildman–Crippen LogP) is 4.32. The number of H-pyrrole nitrogens is 1. The number of aliphatic carboxylic acids is 1. The second-order valence-corrected chi connectivity index (χ2v) is 5.91. The Balaban J connectivity index is 2.18. The van der Waals surface area contributed by atoms with Crippen LogP contribution in [0.3, 0.4) is 0 Å². The molecule has 0 atom stereocenters. The van der Waals surface area contributed by atoms with Crippen LogP contribution in [0.4, 0.5) is 0 Å². The van der Waals surface area contributed by atoms with Gasteiger partial charge in [0.05, 0.1) is 11.4 Å². The Morgan fingerprint density at radius 2 is 1.95 bits per heavy atom. The summed E-state index contributed by atoms with van der Waals surface area (Å²) in [6, 6.07) is 16.2. The zero-order chi connectivity index (χ0) is 14.8. The first-order valence-corrected chi connectivity index (χ1v) is 7.66. The van der Waals surface area contributed by atoms with Gasteiger partial charge >= 0.3 is 5.97 Å². The van der Waals surface area contributed by atoms with Crippen molar-refractivity contribution in [1.29, 1.82) is 0 Å². The number of carboxylic acid groups (broad SMARTS) is 1. The highest BCUT2D eigenvalue weighted by Gasteiger charge is 2.14. The van der Waals surface area contributed by atoms with Gasteiger partial charge in [-0.25, -0.2) is 0 Å². The zero-order valence-corrected chi connectivity index (χ0v) is 12.4. The van der Waals surface area contributed by atoms with E-state index >= 15 is 0 Å². The standard InChI is InChI=1S/C17H15NO2S/c1-11-7-8-14-13(9-11)17(21-10-15(19)20)16(18-14)12-5-3-2-4-6-12/h2-9,18H,10H2,1H3,(H,19,20). The molecule has 0 amide bonds. The van der Waals surface area contributed by atoms with Gasteiger partial charge in [-0.15, -0.1) is 11.8 Å². The number of rotatable bonds is 4. The molecule has 1 aromatic heterocycles. The molecule has 2 N–H and O–H groups in total. The van der Waals surface area contributed by atoms with Crippen molar-refractivity contribution in [2.75, 3.05) is 5.75 Å². The van der Waals surface area contributed by atoms with Gasteiger partial charge in [-0.05, 0) is 24.6 Å². The molecule has 3 aromatic rings. The molecule has 0 aliphatic heterocycles. The van der Waals surface area contributed by atoms with Crippen LogP contribution in [0.25, 0.3) is 22.2 Å². The molecule has 0 aliphatic carbocycles. The lowest BCUT2D eigenvalue weighted by Gasteiger charge is -2.03. The second-order valence-electron chi connectivity index (χ2n) is 4.93. The van der Waals surface area contributed by atoms with Gasteiger partial charge in [-0.2, -0.15) is 0 Å². The van der Waals surface area contributed by atoms with E-state index in [-0.39, 0.29) is 5.75 Å². The van der Waals surface area contributed by atoms with Crippen LogP contribution in [-0.2, 0) is 4.79 Å². The maximum absolute atomic E-state index is 10.9. The van der Waals surface area contributed by atoms with Gasteiger partial charge in [0.25, 0.3) is 0 Å². The second kappa shape index (κ2) is 5.66. The summed E-state index contributed by atoms with van der Waals surface area (Å²) in [5.74, 6) is -0.748. The van der Waals surface area contributed by atoms with Crippen molar-refractivity contribution in [3.05, 3.63) is 54.1 Å². The van der Waals surface area contributed by atoms with Crippen LogP contribution < -0.4 is 0 Å². The molecule has 3 rings (SSSR count). The summed E-state index contributed by atoms with van der Waals surface area (Å²) in [6.07, 6.45) is 0. The van der Waals surface area contributed by atoms with Crippen molar-refractivity contribution in [2.24, 2.45) is 0 Å². The van der Waals surface area contributed by atoms with Gasteiger partial charge < -0.3 is 10.1 Å². The molecule has 0 unspecified atom stereocenters. The molecular weight excluding hydrogens is 282 g/mol. The SMILES string of the molecule is Cc1ccc2[nH]c(-c3ccccc3)c(SCC(=O)O)c2c1. The van der Waals surface area contributed by atoms with E-state index in [1.165, 1.54) is 17.3 Å². The highest BCUT2D eigenvalue weighted by Crippen LogP contribution is 2.37. The minimum Gasteiger partial charge on any atom is -0.481 e. The van der Waals surface area contributed by atoms with E-state index in [0.29, 0.717) is 0 Å². The lowest BCUT2D eigenvalue weighted by Crippen LogP contribution is -1.97. The molecule has 0 aliphatic rings. The topological polar surface area (TPSA) is 53.1 Å². The fourth-order valence-electron chi connectivity index (χ4n) is 2.37. The number of fused-ring (bicyclic) bond motifs is 1. The monoisotopic (exact) mass is 297 g/mol. The summed E-state index contributed by atoms with van der Waals surface area (Å²) >= 11 is 1.36. The Labute approximate surface area is 127 Å². The Morgan fingerprint density at radius 3 is 2.67 bits per heavy atom. The number of nitrogens with one attached hydrogen (secondary N) is 1. The molecule has 3 nitrogen and oxygen atoms in total. The Morgan fingerprint density at radius 1 is 1.19 bits per heavy atom. The van der Waals surface area contributed by atoms with Gasteiger partial charge in [0, 0.05) is 15.8 Å². The van der Waals surface area contributed by atoms with Gasteiger partial charge in [0.2, 0.25) is 0 Å². The molecule has 0 spiro atoms. The maximum Gasteiger partial charge on any atom is 0.313 e. The summed E-state index contributed by atoms with van der Waals surface area (Å²) in [4.78, 5) is 15.3. The number of hydrogen-bond donors (Lipinski definition) is 2. The Kier molecular flexibility index (Phi) is 3.71. The number of carbonyl (C=O) groups is 1. The summed E-state index contributed by atoms with van der Waals surface area (Å²) < 4.78 is 0. The van der Waals surface area contributed by atoms with Gasteiger partial charge in [0.1, 0.15) is 0 Å². The first kappa shape index (κ1) is 13.8. The number of aromatic amines is 1. The molecule has 0 radical (unpaired) electrons. The van der Waals surface area contributed by atoms with Crippen molar-refractivity contribution in [1.82, 2.24) is 4.98 Å². The zero-order valence-electron chi connectivity index (χ0n) is 11.6. The largest absolute Gasteiger partial charge is 0.481 e. The molecular formula is C17H15NO2S. The van der Waals surface area contributed by atoms with E-state index in [2.05, 4.69) is 17.1 Å². The van der Waals surface area contributed by atoms with E-state index in [1.807, 2.05) is 43.3 Å². The molecule has 0 bridgehead atoms. The molecule has 4 heteroatoms. The van der Waals surface area contributed by atoms with E-state index in [9.17, 15) is 4.79 Å². The van der Waals surface area contributed by atoms with Crippen molar-refractivity contribution >= 4 is 28.6 Å². The number of carboxylic acids is 1. The summed E-state index contributed by atoms with van der Waals surface area (Å²) in [5, 5.41) is 10.1. The third-order valence-electron chi connectivity index (χ3n) is 3.31. The van der Waals surface area contributed by atoms with Crippen molar-refractivity contribution in [2.45, 2.75) is 11.8 Å². The minimum absolute atomic E-state index is 0.0563. The first-order chi connectivity index (χ1) is 10.1. The smallest absolute Gasteiger partial charge is 0.313 e. The van der Waals surface area contributed by atoms with Crippen LogP contribution in [0.2, 0.25) is 0 Å². The summed E-state index contributed by atoms with van der Waals surface area (Å²) in [6.45, 7) is 2.04. The fourth-order valence-corrected chi connectivity index (χ4v) is 3.28. The number of thioether (sulfide) groups is 1. The molecule has 0 fully saturated rings. The summed E-state index contributed by atoms with van der Waals surface area (Å²) in [7, 11) is 0. The highest BCUT2D eigenvalue weighted by atomic mass is 32.2. The summed E-state index contributed by atoms with van der Waals surface area (Å²) in [5.41, 5.74) is 4.26. The fraction of sp³-hybridized carbons (Fsp3) is 0.118. The third-order valence-corrected chi connectivity index (χ3v) is 4.41. The molecule has 0 saturated carbocycles. The Bertz CT molecular complexity index is 793. The van der Waals surface area contributed by atoms with Gasteiger partial charge in [0.15, 0.2) is 0 Å². The van der Waals surface area contributed by atoms with E-state index in [1.54, 1.807) is 0 Å². The molecule has 106 valence electrons. The number of hydrogen-bond acceptors (Lipinski definition) is 2. The minimum atomic E-state index is -0.805. The average Bonchev–Trinajstić information content (AvgIpc) is 2.84. The third kappa shape index (κ3) is 2.81. The van der Waals surface area contributed by atoms with E-state index < -0.39 is 5.97 Å². The van der Waals surface area contributed by atoms with Crippen LogP contribution in [0, 0.1) is 6.92 Å². The number of aryl methyl sites for hydroxylation is 1. The van der Waals surface area contributed by atoms with Crippen molar-refractivity contribution in [3.63, 3.8) is 0 Å².